The van der Waals surface area contributed by atoms with Crippen molar-refractivity contribution >= 4 is 5.95 Å². The fraction of sp³-hybridized carbons (Fsp3) is 0.846. The predicted molar refractivity (Wildman–Crippen MR) is 71.9 cm³/mol. The predicted octanol–water partition coefficient (Wildman–Crippen LogP) is 2.16. The SMILES string of the molecule is CCNC1CCCC1c1nc(N(CC)CC)no1. The first-order chi connectivity index (χ1) is 8.80. The summed E-state index contributed by atoms with van der Waals surface area (Å²) in [6.45, 7) is 9.18. The summed E-state index contributed by atoms with van der Waals surface area (Å²) in [4.78, 5) is 6.69. The van der Waals surface area contributed by atoms with Crippen molar-refractivity contribution in [3.8, 4) is 0 Å². The van der Waals surface area contributed by atoms with Gasteiger partial charge in [-0.1, -0.05) is 13.3 Å². The van der Waals surface area contributed by atoms with Crippen LogP contribution in [0.25, 0.3) is 0 Å². The molecular formula is C13H24N4O. The fourth-order valence-electron chi connectivity index (χ4n) is 2.77. The molecule has 0 bridgehead atoms. The molecule has 0 spiro atoms. The van der Waals surface area contributed by atoms with Gasteiger partial charge in [0.2, 0.25) is 5.89 Å². The van der Waals surface area contributed by atoms with Gasteiger partial charge in [-0.3, -0.25) is 0 Å². The number of hydrogen-bond acceptors (Lipinski definition) is 5. The minimum atomic E-state index is 0.391. The molecule has 2 rings (SSSR count). The summed E-state index contributed by atoms with van der Waals surface area (Å²) >= 11 is 0. The van der Waals surface area contributed by atoms with Crippen molar-refractivity contribution in [3.05, 3.63) is 5.89 Å². The molecule has 2 atom stereocenters. The molecule has 0 aromatic carbocycles. The average molecular weight is 252 g/mol. The van der Waals surface area contributed by atoms with Crippen molar-refractivity contribution in [3.63, 3.8) is 0 Å². The highest BCUT2D eigenvalue weighted by atomic mass is 16.5. The summed E-state index contributed by atoms with van der Waals surface area (Å²) in [7, 11) is 0. The van der Waals surface area contributed by atoms with Crippen molar-refractivity contribution in [1.29, 1.82) is 0 Å². The Hall–Kier alpha value is -1.10. The Morgan fingerprint density at radius 2 is 2.06 bits per heavy atom. The molecule has 0 saturated heterocycles. The van der Waals surface area contributed by atoms with Gasteiger partial charge in [0.1, 0.15) is 0 Å². The Morgan fingerprint density at radius 3 is 2.72 bits per heavy atom. The maximum atomic E-state index is 5.47. The number of hydrogen-bond donors (Lipinski definition) is 1. The van der Waals surface area contributed by atoms with Crippen molar-refractivity contribution < 1.29 is 4.52 Å². The number of anilines is 1. The second kappa shape index (κ2) is 6.18. The van der Waals surface area contributed by atoms with Crippen molar-refractivity contribution in [2.75, 3.05) is 24.5 Å². The van der Waals surface area contributed by atoms with Crippen LogP contribution >= 0.6 is 0 Å². The van der Waals surface area contributed by atoms with Crippen LogP contribution in [-0.2, 0) is 0 Å². The summed E-state index contributed by atoms with van der Waals surface area (Å²) in [6.07, 6.45) is 3.60. The van der Waals surface area contributed by atoms with Crippen LogP contribution in [0.1, 0.15) is 51.8 Å². The minimum absolute atomic E-state index is 0.391. The van der Waals surface area contributed by atoms with Crippen LogP contribution in [0.3, 0.4) is 0 Å². The van der Waals surface area contributed by atoms with Gasteiger partial charge in [-0.05, 0) is 38.4 Å². The third-order valence-electron chi connectivity index (χ3n) is 3.78. The third kappa shape index (κ3) is 2.66. The number of likely N-dealkylation sites (N-methyl/N-ethyl adjacent to an activating group) is 1. The topological polar surface area (TPSA) is 54.2 Å². The summed E-state index contributed by atoms with van der Waals surface area (Å²) in [5.41, 5.74) is 0. The number of nitrogens with one attached hydrogen (secondary N) is 1. The molecule has 5 nitrogen and oxygen atoms in total. The zero-order chi connectivity index (χ0) is 13.0. The van der Waals surface area contributed by atoms with E-state index in [4.69, 9.17) is 4.52 Å². The molecule has 1 N–H and O–H groups in total. The Balaban J connectivity index is 2.09. The van der Waals surface area contributed by atoms with Crippen LogP contribution < -0.4 is 10.2 Å². The summed E-state index contributed by atoms with van der Waals surface area (Å²) in [6, 6.07) is 0.500. The van der Waals surface area contributed by atoms with E-state index in [9.17, 15) is 0 Å². The first-order valence-electron chi connectivity index (χ1n) is 7.12. The van der Waals surface area contributed by atoms with Crippen molar-refractivity contribution in [2.45, 2.75) is 52.0 Å². The molecule has 0 aliphatic heterocycles. The second-order valence-electron chi connectivity index (χ2n) is 4.81. The van der Waals surface area contributed by atoms with E-state index in [2.05, 4.69) is 41.1 Å². The van der Waals surface area contributed by atoms with Gasteiger partial charge in [0.05, 0.1) is 5.92 Å². The summed E-state index contributed by atoms with van der Waals surface area (Å²) in [5.74, 6) is 1.93. The van der Waals surface area contributed by atoms with Crippen LogP contribution in [0.5, 0.6) is 0 Å². The number of nitrogens with zero attached hydrogens (tertiary/aromatic N) is 3. The molecule has 0 amide bonds. The van der Waals surface area contributed by atoms with Crippen molar-refractivity contribution in [2.24, 2.45) is 0 Å². The monoisotopic (exact) mass is 252 g/mol. The molecule has 1 saturated carbocycles. The lowest BCUT2D eigenvalue weighted by atomic mass is 10.0. The summed E-state index contributed by atoms with van der Waals surface area (Å²) < 4.78 is 5.47. The molecule has 1 fully saturated rings. The number of rotatable bonds is 6. The zero-order valence-corrected chi connectivity index (χ0v) is 11.6. The Morgan fingerprint density at radius 1 is 1.28 bits per heavy atom. The minimum Gasteiger partial charge on any atom is -0.339 e. The maximum Gasteiger partial charge on any atom is 0.266 e. The highest BCUT2D eigenvalue weighted by Crippen LogP contribution is 2.34. The second-order valence-corrected chi connectivity index (χ2v) is 4.81. The van der Waals surface area contributed by atoms with Gasteiger partial charge in [0.15, 0.2) is 0 Å². The average Bonchev–Trinajstić information content (AvgIpc) is 3.00. The molecule has 102 valence electrons. The van der Waals surface area contributed by atoms with Crippen LogP contribution in [0, 0.1) is 0 Å². The van der Waals surface area contributed by atoms with Crippen LogP contribution in [0.2, 0.25) is 0 Å². The normalized spacial score (nSPS) is 23.5. The molecule has 1 aliphatic rings. The van der Waals surface area contributed by atoms with Gasteiger partial charge >= 0.3 is 0 Å². The molecule has 2 unspecified atom stereocenters. The van der Waals surface area contributed by atoms with E-state index in [0.717, 1.165) is 37.9 Å². The van der Waals surface area contributed by atoms with Gasteiger partial charge < -0.3 is 14.7 Å². The van der Waals surface area contributed by atoms with Crippen LogP contribution in [0.15, 0.2) is 4.52 Å². The molecule has 5 heteroatoms. The summed E-state index contributed by atoms with van der Waals surface area (Å²) in [5, 5.41) is 7.63. The molecule has 0 radical (unpaired) electrons. The first-order valence-corrected chi connectivity index (χ1v) is 7.12. The van der Waals surface area contributed by atoms with E-state index in [1.807, 2.05) is 0 Å². The van der Waals surface area contributed by atoms with Gasteiger partial charge in [0.25, 0.3) is 5.95 Å². The standard InChI is InChI=1S/C13H24N4O/c1-4-14-11-9-7-8-10(11)12-15-13(16-18-12)17(5-2)6-3/h10-11,14H,4-9H2,1-3H3. The highest BCUT2D eigenvalue weighted by molar-refractivity contribution is 5.27. The largest absolute Gasteiger partial charge is 0.339 e. The molecule has 18 heavy (non-hydrogen) atoms. The lowest BCUT2D eigenvalue weighted by Gasteiger charge is -2.17. The first kappa shape index (κ1) is 13.3. The smallest absolute Gasteiger partial charge is 0.266 e. The molecule has 1 aromatic rings. The third-order valence-corrected chi connectivity index (χ3v) is 3.78. The maximum absolute atomic E-state index is 5.47. The molecule has 1 aliphatic carbocycles. The van der Waals surface area contributed by atoms with E-state index in [-0.39, 0.29) is 0 Å². The van der Waals surface area contributed by atoms with E-state index in [1.165, 1.54) is 12.8 Å². The van der Waals surface area contributed by atoms with Gasteiger partial charge in [0, 0.05) is 19.1 Å². The van der Waals surface area contributed by atoms with E-state index in [1.54, 1.807) is 0 Å². The van der Waals surface area contributed by atoms with E-state index >= 15 is 0 Å². The Labute approximate surface area is 109 Å². The molecule has 1 aromatic heterocycles. The number of aromatic nitrogens is 2. The lowest BCUT2D eigenvalue weighted by Crippen LogP contribution is -2.31. The van der Waals surface area contributed by atoms with E-state index in [0.29, 0.717) is 12.0 Å². The van der Waals surface area contributed by atoms with Gasteiger partial charge in [-0.2, -0.15) is 4.98 Å². The Bertz CT molecular complexity index is 362. The zero-order valence-electron chi connectivity index (χ0n) is 11.6. The van der Waals surface area contributed by atoms with E-state index < -0.39 is 0 Å². The Kier molecular flexibility index (Phi) is 4.58. The molecule has 1 heterocycles. The van der Waals surface area contributed by atoms with Gasteiger partial charge in [-0.15, -0.1) is 0 Å². The van der Waals surface area contributed by atoms with Crippen LogP contribution in [0.4, 0.5) is 5.95 Å². The lowest BCUT2D eigenvalue weighted by molar-refractivity contribution is 0.331. The highest BCUT2D eigenvalue weighted by Gasteiger charge is 2.32. The van der Waals surface area contributed by atoms with Gasteiger partial charge in [-0.25, -0.2) is 0 Å². The quantitative estimate of drug-likeness (QED) is 0.841. The molecular weight excluding hydrogens is 228 g/mol. The van der Waals surface area contributed by atoms with Crippen molar-refractivity contribution in [1.82, 2.24) is 15.5 Å². The fourth-order valence-corrected chi connectivity index (χ4v) is 2.77. The van der Waals surface area contributed by atoms with Crippen LogP contribution in [-0.4, -0.2) is 35.8 Å².